The van der Waals surface area contributed by atoms with E-state index < -0.39 is 9.84 Å². The molecule has 0 saturated heterocycles. The van der Waals surface area contributed by atoms with Gasteiger partial charge >= 0.3 is 0 Å². The summed E-state index contributed by atoms with van der Waals surface area (Å²) in [4.78, 5) is 0.269. The molecule has 2 N–H and O–H groups in total. The normalized spacial score (nSPS) is 20.3. The summed E-state index contributed by atoms with van der Waals surface area (Å²) >= 11 is 0. The lowest BCUT2D eigenvalue weighted by atomic mass is 10.1. The molecule has 1 aliphatic rings. The number of hydrogen-bond acceptors (Lipinski definition) is 4. The predicted octanol–water partition coefficient (Wildman–Crippen LogP) is 0.482. The fourth-order valence-corrected chi connectivity index (χ4v) is 2.08. The van der Waals surface area contributed by atoms with Gasteiger partial charge in [0.1, 0.15) is 12.4 Å². The summed E-state index contributed by atoms with van der Waals surface area (Å²) in [7, 11) is -3.16. The second kappa shape index (κ2) is 2.96. The summed E-state index contributed by atoms with van der Waals surface area (Å²) in [6.07, 6.45) is 1.17. The molecule has 14 heavy (non-hydrogen) atoms. The van der Waals surface area contributed by atoms with Crippen LogP contribution >= 0.6 is 0 Å². The van der Waals surface area contributed by atoms with Crippen LogP contribution in [-0.2, 0) is 9.84 Å². The van der Waals surface area contributed by atoms with E-state index in [1.54, 1.807) is 12.1 Å². The zero-order valence-corrected chi connectivity index (χ0v) is 8.54. The van der Waals surface area contributed by atoms with Crippen molar-refractivity contribution in [1.29, 1.82) is 0 Å². The number of hydrogen-bond donors (Lipinski definition) is 1. The third-order valence-electron chi connectivity index (χ3n) is 2.23. The van der Waals surface area contributed by atoms with Crippen molar-refractivity contribution >= 4 is 9.84 Å². The van der Waals surface area contributed by atoms with Crippen LogP contribution in [0, 0.1) is 0 Å². The lowest BCUT2D eigenvalue weighted by molar-refractivity contribution is 0.332. The maximum Gasteiger partial charge on any atom is 0.175 e. The Balaban J connectivity index is 2.53. The maximum atomic E-state index is 11.2. The van der Waals surface area contributed by atoms with Crippen molar-refractivity contribution < 1.29 is 13.2 Å². The summed E-state index contributed by atoms with van der Waals surface area (Å²) in [6.45, 7) is 0.419. The minimum Gasteiger partial charge on any atom is -0.491 e. The molecule has 0 fully saturated rings. The van der Waals surface area contributed by atoms with E-state index in [1.165, 1.54) is 12.3 Å². The Morgan fingerprint density at radius 1 is 1.50 bits per heavy atom. The molecule has 1 aromatic carbocycles. The highest BCUT2D eigenvalue weighted by Crippen LogP contribution is 2.32. The monoisotopic (exact) mass is 213 g/mol. The molecule has 1 atom stereocenters. The van der Waals surface area contributed by atoms with Crippen LogP contribution in [0.3, 0.4) is 0 Å². The van der Waals surface area contributed by atoms with E-state index in [2.05, 4.69) is 0 Å². The first-order valence-corrected chi connectivity index (χ1v) is 6.10. The standard InChI is InChI=1S/C9H11NO3S/c1-14(11,12)6-2-3-7-8(10)5-13-9(7)4-6/h2-4,8H,5,10H2,1H3. The van der Waals surface area contributed by atoms with Gasteiger partial charge in [-0.3, -0.25) is 0 Å². The van der Waals surface area contributed by atoms with Crippen molar-refractivity contribution in [3.05, 3.63) is 23.8 Å². The van der Waals surface area contributed by atoms with Crippen molar-refractivity contribution in [1.82, 2.24) is 0 Å². The predicted molar refractivity (Wildman–Crippen MR) is 52.0 cm³/mol. The molecule has 1 unspecified atom stereocenters. The third-order valence-corrected chi connectivity index (χ3v) is 3.34. The van der Waals surface area contributed by atoms with E-state index in [1.807, 2.05) is 0 Å². The van der Waals surface area contributed by atoms with Crippen LogP contribution in [0.1, 0.15) is 11.6 Å². The van der Waals surface area contributed by atoms with E-state index in [0.29, 0.717) is 12.4 Å². The van der Waals surface area contributed by atoms with Gasteiger partial charge < -0.3 is 10.5 Å². The highest BCUT2D eigenvalue weighted by Gasteiger charge is 2.22. The number of benzene rings is 1. The lowest BCUT2D eigenvalue weighted by Gasteiger charge is -2.02. The van der Waals surface area contributed by atoms with Crippen molar-refractivity contribution in [2.75, 3.05) is 12.9 Å². The molecule has 4 nitrogen and oxygen atoms in total. The van der Waals surface area contributed by atoms with Gasteiger partial charge in [-0.05, 0) is 12.1 Å². The molecule has 1 aliphatic heterocycles. The molecule has 0 radical (unpaired) electrons. The minimum atomic E-state index is -3.16. The Labute approximate surface area is 82.6 Å². The average Bonchev–Trinajstić information content (AvgIpc) is 2.46. The first-order valence-electron chi connectivity index (χ1n) is 4.21. The summed E-state index contributed by atoms with van der Waals surface area (Å²) in [6, 6.07) is 4.66. The van der Waals surface area contributed by atoms with Gasteiger partial charge in [0.15, 0.2) is 9.84 Å². The maximum absolute atomic E-state index is 11.2. The molecule has 76 valence electrons. The Hall–Kier alpha value is -1.07. The van der Waals surface area contributed by atoms with Crippen molar-refractivity contribution in [2.24, 2.45) is 5.73 Å². The number of ether oxygens (including phenoxy) is 1. The fraction of sp³-hybridized carbons (Fsp3) is 0.333. The average molecular weight is 213 g/mol. The first kappa shape index (κ1) is 9.48. The van der Waals surface area contributed by atoms with Crippen LogP contribution in [0.4, 0.5) is 0 Å². The molecule has 0 aromatic heterocycles. The molecule has 0 aliphatic carbocycles. The number of rotatable bonds is 1. The molecule has 5 heteroatoms. The first-order chi connectivity index (χ1) is 6.48. The largest absolute Gasteiger partial charge is 0.491 e. The SMILES string of the molecule is CS(=O)(=O)c1ccc2c(c1)OCC2N. The van der Waals surface area contributed by atoms with Crippen LogP contribution in [-0.4, -0.2) is 21.3 Å². The highest BCUT2D eigenvalue weighted by molar-refractivity contribution is 7.90. The Kier molecular flexibility index (Phi) is 2.01. The van der Waals surface area contributed by atoms with Crippen LogP contribution in [0.25, 0.3) is 0 Å². The molecule has 0 saturated carbocycles. The van der Waals surface area contributed by atoms with Gasteiger partial charge in [0.05, 0.1) is 10.9 Å². The van der Waals surface area contributed by atoms with Crippen LogP contribution in [0.15, 0.2) is 23.1 Å². The summed E-state index contributed by atoms with van der Waals surface area (Å²) in [5.74, 6) is 0.584. The smallest absolute Gasteiger partial charge is 0.175 e. The summed E-state index contributed by atoms with van der Waals surface area (Å²) in [5.41, 5.74) is 6.60. The topological polar surface area (TPSA) is 69.4 Å². The van der Waals surface area contributed by atoms with E-state index in [9.17, 15) is 8.42 Å². The molecule has 0 spiro atoms. The molecular weight excluding hydrogens is 202 g/mol. The minimum absolute atomic E-state index is 0.140. The van der Waals surface area contributed by atoms with E-state index in [-0.39, 0.29) is 10.9 Å². The van der Waals surface area contributed by atoms with Crippen LogP contribution in [0.2, 0.25) is 0 Å². The Morgan fingerprint density at radius 2 is 2.21 bits per heavy atom. The Bertz CT molecular complexity index is 467. The van der Waals surface area contributed by atoms with Crippen LogP contribution in [0.5, 0.6) is 5.75 Å². The van der Waals surface area contributed by atoms with Crippen molar-refractivity contribution in [3.8, 4) is 5.75 Å². The number of sulfone groups is 1. The van der Waals surface area contributed by atoms with Gasteiger partial charge in [-0.1, -0.05) is 6.07 Å². The molecular formula is C9H11NO3S. The van der Waals surface area contributed by atoms with Gasteiger partial charge in [0.2, 0.25) is 0 Å². The van der Waals surface area contributed by atoms with Crippen molar-refractivity contribution in [3.63, 3.8) is 0 Å². The van der Waals surface area contributed by atoms with E-state index in [4.69, 9.17) is 10.5 Å². The van der Waals surface area contributed by atoms with Gasteiger partial charge in [-0.2, -0.15) is 0 Å². The number of fused-ring (bicyclic) bond motifs is 1. The summed E-state index contributed by atoms with van der Waals surface area (Å²) < 4.78 is 27.7. The highest BCUT2D eigenvalue weighted by atomic mass is 32.2. The molecule has 1 aromatic rings. The van der Waals surface area contributed by atoms with Gasteiger partial charge in [0, 0.05) is 11.8 Å². The quantitative estimate of drug-likeness (QED) is 0.736. The lowest BCUT2D eigenvalue weighted by Crippen LogP contribution is -2.10. The van der Waals surface area contributed by atoms with E-state index >= 15 is 0 Å². The van der Waals surface area contributed by atoms with Gasteiger partial charge in [-0.15, -0.1) is 0 Å². The van der Waals surface area contributed by atoms with Gasteiger partial charge in [0.25, 0.3) is 0 Å². The molecule has 2 rings (SSSR count). The zero-order chi connectivity index (χ0) is 10.3. The second-order valence-electron chi connectivity index (χ2n) is 3.39. The van der Waals surface area contributed by atoms with E-state index in [0.717, 1.165) is 5.56 Å². The molecule has 0 amide bonds. The third kappa shape index (κ3) is 1.49. The number of nitrogens with two attached hydrogens (primary N) is 1. The van der Waals surface area contributed by atoms with Crippen LogP contribution < -0.4 is 10.5 Å². The fourth-order valence-electron chi connectivity index (χ4n) is 1.45. The molecule has 0 bridgehead atoms. The Morgan fingerprint density at radius 3 is 2.86 bits per heavy atom. The molecule has 1 heterocycles. The summed E-state index contributed by atoms with van der Waals surface area (Å²) in [5, 5.41) is 0. The second-order valence-corrected chi connectivity index (χ2v) is 5.41. The van der Waals surface area contributed by atoms with Gasteiger partial charge in [-0.25, -0.2) is 8.42 Å². The van der Waals surface area contributed by atoms with Crippen molar-refractivity contribution in [2.45, 2.75) is 10.9 Å². The zero-order valence-electron chi connectivity index (χ0n) is 7.73.